The molecule has 1 aliphatic heterocycles. The number of hydrogen-bond acceptors (Lipinski definition) is 4. The molecule has 5 nitrogen and oxygen atoms in total. The molecule has 144 valence electrons. The van der Waals surface area contributed by atoms with E-state index in [1.807, 2.05) is 55.5 Å². The zero-order valence-corrected chi connectivity index (χ0v) is 16.3. The van der Waals surface area contributed by atoms with Crippen LogP contribution >= 0.6 is 0 Å². The molecule has 1 N–H and O–H groups in total. The summed E-state index contributed by atoms with van der Waals surface area (Å²) in [5.41, 5.74) is 2.22. The quantitative estimate of drug-likeness (QED) is 0.809. The molecule has 1 heterocycles. The standard InChI is InChI=1S/C22H28N2O3/c1-16(17-8-5-4-6-9-17)23-22(25)15-24-13-7-10-20(24)19-12-11-18(26-2)14-21(19)27-3/h4-6,8-9,11-12,14,16,20H,7,10,13,15H2,1-3H3,(H,23,25)/t16-,20+/m0/s1. The normalized spacial score (nSPS) is 18.1. The highest BCUT2D eigenvalue weighted by Crippen LogP contribution is 2.38. The smallest absolute Gasteiger partial charge is 0.234 e. The van der Waals surface area contributed by atoms with Gasteiger partial charge in [0.1, 0.15) is 11.5 Å². The summed E-state index contributed by atoms with van der Waals surface area (Å²) in [5, 5.41) is 3.11. The number of amides is 1. The first-order chi connectivity index (χ1) is 13.1. The van der Waals surface area contributed by atoms with Gasteiger partial charge in [0.2, 0.25) is 5.91 Å². The van der Waals surface area contributed by atoms with Crippen LogP contribution in [-0.4, -0.2) is 38.1 Å². The Morgan fingerprint density at radius 3 is 2.67 bits per heavy atom. The molecule has 1 amide bonds. The van der Waals surface area contributed by atoms with Crippen molar-refractivity contribution in [1.82, 2.24) is 10.2 Å². The summed E-state index contributed by atoms with van der Waals surface area (Å²) in [7, 11) is 3.32. The van der Waals surface area contributed by atoms with E-state index in [1.165, 1.54) is 0 Å². The van der Waals surface area contributed by atoms with Crippen molar-refractivity contribution in [1.29, 1.82) is 0 Å². The molecule has 1 aliphatic rings. The summed E-state index contributed by atoms with van der Waals surface area (Å²) in [6.07, 6.45) is 2.09. The number of carbonyl (C=O) groups excluding carboxylic acids is 1. The average molecular weight is 368 g/mol. The van der Waals surface area contributed by atoms with Crippen LogP contribution in [0, 0.1) is 0 Å². The first kappa shape index (κ1) is 19.2. The Kier molecular flexibility index (Phi) is 6.35. The van der Waals surface area contributed by atoms with Crippen LogP contribution in [0.15, 0.2) is 48.5 Å². The van der Waals surface area contributed by atoms with Crippen molar-refractivity contribution in [3.63, 3.8) is 0 Å². The van der Waals surface area contributed by atoms with Crippen molar-refractivity contribution in [3.05, 3.63) is 59.7 Å². The van der Waals surface area contributed by atoms with Gasteiger partial charge in [-0.05, 0) is 37.9 Å². The summed E-state index contributed by atoms with van der Waals surface area (Å²) >= 11 is 0. The lowest BCUT2D eigenvalue weighted by molar-refractivity contribution is -0.123. The summed E-state index contributed by atoms with van der Waals surface area (Å²) in [6.45, 7) is 3.31. The highest BCUT2D eigenvalue weighted by Gasteiger charge is 2.30. The van der Waals surface area contributed by atoms with Crippen LogP contribution in [-0.2, 0) is 4.79 Å². The third-order valence-electron chi connectivity index (χ3n) is 5.19. The molecular formula is C22H28N2O3. The summed E-state index contributed by atoms with van der Waals surface area (Å²) in [6, 6.07) is 16.1. The van der Waals surface area contributed by atoms with Gasteiger partial charge in [0.25, 0.3) is 0 Å². The number of nitrogens with zero attached hydrogens (tertiary/aromatic N) is 1. The lowest BCUT2D eigenvalue weighted by Gasteiger charge is -2.26. The van der Waals surface area contributed by atoms with E-state index in [9.17, 15) is 4.79 Å². The SMILES string of the molecule is COc1ccc([C@H]2CCCN2CC(=O)N[C@@H](C)c2ccccc2)c(OC)c1. The number of nitrogens with one attached hydrogen (secondary N) is 1. The van der Waals surface area contributed by atoms with Crippen LogP contribution in [0.3, 0.4) is 0 Å². The maximum absolute atomic E-state index is 12.6. The van der Waals surface area contributed by atoms with E-state index in [4.69, 9.17) is 9.47 Å². The van der Waals surface area contributed by atoms with Gasteiger partial charge in [-0.2, -0.15) is 0 Å². The maximum atomic E-state index is 12.6. The van der Waals surface area contributed by atoms with Crippen LogP contribution in [0.25, 0.3) is 0 Å². The molecule has 3 rings (SSSR count). The fraction of sp³-hybridized carbons (Fsp3) is 0.409. The zero-order chi connectivity index (χ0) is 19.2. The Bertz CT molecular complexity index is 763. The first-order valence-corrected chi connectivity index (χ1v) is 9.42. The summed E-state index contributed by atoms with van der Waals surface area (Å²) < 4.78 is 10.9. The fourth-order valence-corrected chi connectivity index (χ4v) is 3.76. The summed E-state index contributed by atoms with van der Waals surface area (Å²) in [4.78, 5) is 14.8. The molecule has 0 spiro atoms. The fourth-order valence-electron chi connectivity index (χ4n) is 3.76. The van der Waals surface area contributed by atoms with Gasteiger partial charge < -0.3 is 14.8 Å². The van der Waals surface area contributed by atoms with Crippen molar-refractivity contribution >= 4 is 5.91 Å². The molecule has 1 saturated heterocycles. The highest BCUT2D eigenvalue weighted by atomic mass is 16.5. The van der Waals surface area contributed by atoms with E-state index in [1.54, 1.807) is 14.2 Å². The number of ether oxygens (including phenoxy) is 2. The van der Waals surface area contributed by atoms with Crippen LogP contribution in [0.1, 0.15) is 43.0 Å². The predicted molar refractivity (Wildman–Crippen MR) is 106 cm³/mol. The highest BCUT2D eigenvalue weighted by molar-refractivity contribution is 5.78. The van der Waals surface area contributed by atoms with Crippen LogP contribution < -0.4 is 14.8 Å². The van der Waals surface area contributed by atoms with Gasteiger partial charge >= 0.3 is 0 Å². The molecule has 2 aromatic rings. The van der Waals surface area contributed by atoms with E-state index in [2.05, 4.69) is 10.2 Å². The largest absolute Gasteiger partial charge is 0.497 e. The second-order valence-electron chi connectivity index (χ2n) is 6.94. The Hall–Kier alpha value is -2.53. The van der Waals surface area contributed by atoms with Crippen LogP contribution in [0.5, 0.6) is 11.5 Å². The number of likely N-dealkylation sites (tertiary alicyclic amines) is 1. The van der Waals surface area contributed by atoms with Gasteiger partial charge in [-0.15, -0.1) is 0 Å². The van der Waals surface area contributed by atoms with Gasteiger partial charge in [0.15, 0.2) is 0 Å². The minimum Gasteiger partial charge on any atom is -0.497 e. The van der Waals surface area contributed by atoms with Crippen molar-refractivity contribution < 1.29 is 14.3 Å². The van der Waals surface area contributed by atoms with Crippen molar-refractivity contribution in [2.45, 2.75) is 31.8 Å². The molecule has 0 aromatic heterocycles. The molecule has 27 heavy (non-hydrogen) atoms. The van der Waals surface area contributed by atoms with E-state index in [-0.39, 0.29) is 18.0 Å². The van der Waals surface area contributed by atoms with Gasteiger partial charge in [-0.25, -0.2) is 0 Å². The molecule has 0 aliphatic carbocycles. The lowest BCUT2D eigenvalue weighted by atomic mass is 10.0. The third kappa shape index (κ3) is 4.61. The Labute approximate surface area is 161 Å². The molecule has 2 aromatic carbocycles. The number of hydrogen-bond donors (Lipinski definition) is 1. The number of rotatable bonds is 7. The van der Waals surface area contributed by atoms with E-state index >= 15 is 0 Å². The van der Waals surface area contributed by atoms with Gasteiger partial charge in [0.05, 0.1) is 26.8 Å². The molecule has 0 bridgehead atoms. The lowest BCUT2D eigenvalue weighted by Crippen LogP contribution is -2.38. The molecule has 0 radical (unpaired) electrons. The van der Waals surface area contributed by atoms with Gasteiger partial charge in [-0.1, -0.05) is 36.4 Å². The Morgan fingerprint density at radius 2 is 1.96 bits per heavy atom. The van der Waals surface area contributed by atoms with E-state index < -0.39 is 0 Å². The van der Waals surface area contributed by atoms with Crippen LogP contribution in [0.4, 0.5) is 0 Å². The molecule has 0 saturated carbocycles. The first-order valence-electron chi connectivity index (χ1n) is 9.42. The number of carbonyl (C=O) groups is 1. The average Bonchev–Trinajstić information content (AvgIpc) is 3.15. The molecule has 5 heteroatoms. The predicted octanol–water partition coefficient (Wildman–Crippen LogP) is 3.72. The maximum Gasteiger partial charge on any atom is 0.234 e. The van der Waals surface area contributed by atoms with Gasteiger partial charge in [-0.3, -0.25) is 9.69 Å². The monoisotopic (exact) mass is 368 g/mol. The molecular weight excluding hydrogens is 340 g/mol. The second-order valence-corrected chi connectivity index (χ2v) is 6.94. The van der Waals surface area contributed by atoms with Crippen LogP contribution in [0.2, 0.25) is 0 Å². The Morgan fingerprint density at radius 1 is 1.19 bits per heavy atom. The second kappa shape index (κ2) is 8.91. The number of methoxy groups -OCH3 is 2. The molecule has 0 unspecified atom stereocenters. The van der Waals surface area contributed by atoms with Crippen molar-refractivity contribution in [2.24, 2.45) is 0 Å². The molecule has 2 atom stereocenters. The zero-order valence-electron chi connectivity index (χ0n) is 16.3. The minimum atomic E-state index is -0.00437. The van der Waals surface area contributed by atoms with Crippen molar-refractivity contribution in [2.75, 3.05) is 27.3 Å². The van der Waals surface area contributed by atoms with Gasteiger partial charge in [0, 0.05) is 17.7 Å². The van der Waals surface area contributed by atoms with E-state index in [0.717, 1.165) is 42.0 Å². The Balaban J connectivity index is 1.67. The topological polar surface area (TPSA) is 50.8 Å². The van der Waals surface area contributed by atoms with E-state index in [0.29, 0.717) is 6.54 Å². The third-order valence-corrected chi connectivity index (χ3v) is 5.19. The number of benzene rings is 2. The molecule has 1 fully saturated rings. The van der Waals surface area contributed by atoms with Crippen molar-refractivity contribution in [3.8, 4) is 11.5 Å². The summed E-state index contributed by atoms with van der Waals surface area (Å²) in [5.74, 6) is 1.63. The minimum absolute atomic E-state index is 0.00437.